The van der Waals surface area contributed by atoms with Gasteiger partial charge in [0.05, 0.1) is 0 Å². The fourth-order valence-electron chi connectivity index (χ4n) is 0.829. The maximum atomic E-state index is 10.5. The highest BCUT2D eigenvalue weighted by atomic mass is 16.6. The SMILES string of the molecule is C=[NH+]C1CC(=O)OC(=O)C1. The monoisotopic (exact) mass is 142 g/mol. The standard InChI is InChI=1S/C6H7NO3/c1-7-4-2-5(8)10-6(9)3-4/h4H,1-3H2/p+1. The number of carbonyl (C=O) groups excluding carboxylic acids is 2. The van der Waals surface area contributed by atoms with E-state index in [0.717, 1.165) is 0 Å². The van der Waals surface area contributed by atoms with Crippen LogP contribution in [0.3, 0.4) is 0 Å². The summed E-state index contributed by atoms with van der Waals surface area (Å²) in [7, 11) is 0. The molecule has 0 bridgehead atoms. The summed E-state index contributed by atoms with van der Waals surface area (Å²) < 4.78 is 4.27. The molecule has 1 heterocycles. The lowest BCUT2D eigenvalue weighted by Crippen LogP contribution is -2.75. The highest BCUT2D eigenvalue weighted by Gasteiger charge is 2.29. The first-order valence-corrected chi connectivity index (χ1v) is 2.98. The van der Waals surface area contributed by atoms with Crippen molar-refractivity contribution in [2.45, 2.75) is 18.9 Å². The van der Waals surface area contributed by atoms with E-state index in [0.29, 0.717) is 0 Å². The van der Waals surface area contributed by atoms with Crippen LogP contribution in [-0.4, -0.2) is 24.7 Å². The first kappa shape index (κ1) is 6.92. The van der Waals surface area contributed by atoms with E-state index in [1.807, 2.05) is 0 Å². The molecule has 0 aromatic rings. The van der Waals surface area contributed by atoms with E-state index in [-0.39, 0.29) is 18.9 Å². The molecular weight excluding hydrogens is 134 g/mol. The fourth-order valence-corrected chi connectivity index (χ4v) is 0.829. The van der Waals surface area contributed by atoms with E-state index < -0.39 is 11.9 Å². The molecule has 4 heteroatoms. The summed E-state index contributed by atoms with van der Waals surface area (Å²) in [5.41, 5.74) is 0. The van der Waals surface area contributed by atoms with Gasteiger partial charge in [-0.1, -0.05) is 0 Å². The van der Waals surface area contributed by atoms with Crippen LogP contribution in [0.4, 0.5) is 0 Å². The Balaban J connectivity index is 2.58. The van der Waals surface area contributed by atoms with E-state index >= 15 is 0 Å². The molecule has 1 aliphatic rings. The summed E-state index contributed by atoms with van der Waals surface area (Å²) in [6.07, 6.45) is 0.463. The largest absolute Gasteiger partial charge is 0.393 e. The van der Waals surface area contributed by atoms with Crippen molar-refractivity contribution in [1.82, 2.24) is 0 Å². The summed E-state index contributed by atoms with van der Waals surface area (Å²) in [5.74, 6) is -0.949. The normalized spacial score (nSPS) is 20.4. The first-order valence-electron chi connectivity index (χ1n) is 2.98. The molecular formula is C6H8NO3+. The van der Waals surface area contributed by atoms with Crippen molar-refractivity contribution in [3.63, 3.8) is 0 Å². The van der Waals surface area contributed by atoms with E-state index in [4.69, 9.17) is 0 Å². The van der Waals surface area contributed by atoms with Crippen LogP contribution in [-0.2, 0) is 14.3 Å². The Morgan fingerprint density at radius 1 is 1.40 bits per heavy atom. The Bertz CT molecular complexity index is 171. The van der Waals surface area contributed by atoms with Crippen LogP contribution in [0.1, 0.15) is 12.8 Å². The van der Waals surface area contributed by atoms with Gasteiger partial charge in [-0.05, 0) is 0 Å². The molecule has 1 fully saturated rings. The van der Waals surface area contributed by atoms with Gasteiger partial charge in [-0.15, -0.1) is 0 Å². The highest BCUT2D eigenvalue weighted by molar-refractivity contribution is 5.88. The van der Waals surface area contributed by atoms with Gasteiger partial charge >= 0.3 is 11.9 Å². The number of nitrogens with one attached hydrogen (secondary N) is 1. The minimum atomic E-state index is -0.475. The zero-order valence-corrected chi connectivity index (χ0v) is 5.42. The van der Waals surface area contributed by atoms with Gasteiger partial charge in [-0.2, -0.15) is 0 Å². The molecule has 10 heavy (non-hydrogen) atoms. The molecule has 0 aromatic heterocycles. The minimum Gasteiger partial charge on any atom is -0.393 e. The number of hydrogen-bond donors (Lipinski definition) is 1. The summed E-state index contributed by atoms with van der Waals surface area (Å²) in [4.78, 5) is 23.7. The maximum absolute atomic E-state index is 10.5. The molecule has 0 radical (unpaired) electrons. The number of ether oxygens (including phenoxy) is 1. The van der Waals surface area contributed by atoms with E-state index in [2.05, 4.69) is 16.4 Å². The third kappa shape index (κ3) is 1.40. The van der Waals surface area contributed by atoms with Gasteiger partial charge in [0.2, 0.25) is 0 Å². The Labute approximate surface area is 57.9 Å². The number of esters is 2. The van der Waals surface area contributed by atoms with Gasteiger partial charge in [-0.25, -0.2) is 0 Å². The van der Waals surface area contributed by atoms with E-state index in [1.165, 1.54) is 0 Å². The Morgan fingerprint density at radius 3 is 2.30 bits per heavy atom. The molecule has 0 aliphatic carbocycles. The molecule has 54 valence electrons. The lowest BCUT2D eigenvalue weighted by molar-refractivity contribution is -0.493. The Morgan fingerprint density at radius 2 is 1.90 bits per heavy atom. The summed E-state index contributed by atoms with van der Waals surface area (Å²) >= 11 is 0. The molecule has 1 saturated heterocycles. The van der Waals surface area contributed by atoms with Gasteiger partial charge in [-0.3, -0.25) is 14.6 Å². The summed E-state index contributed by atoms with van der Waals surface area (Å²) in [6, 6.07) is -0.145. The molecule has 1 aliphatic heterocycles. The molecule has 0 unspecified atom stereocenters. The van der Waals surface area contributed by atoms with Crippen molar-refractivity contribution < 1.29 is 19.3 Å². The molecule has 0 atom stereocenters. The van der Waals surface area contributed by atoms with Gasteiger partial charge in [0.1, 0.15) is 19.6 Å². The topological polar surface area (TPSA) is 57.3 Å². The lowest BCUT2D eigenvalue weighted by Gasteiger charge is -2.10. The number of rotatable bonds is 1. The van der Waals surface area contributed by atoms with Crippen LogP contribution < -0.4 is 4.99 Å². The molecule has 0 aromatic carbocycles. The second-order valence-corrected chi connectivity index (χ2v) is 2.16. The van der Waals surface area contributed by atoms with Gasteiger partial charge in [0.25, 0.3) is 0 Å². The molecule has 0 saturated carbocycles. The lowest BCUT2D eigenvalue weighted by atomic mass is 10.1. The fraction of sp³-hybridized carbons (Fsp3) is 0.500. The molecule has 4 nitrogen and oxygen atoms in total. The quantitative estimate of drug-likeness (QED) is 0.262. The molecule has 0 spiro atoms. The van der Waals surface area contributed by atoms with Crippen molar-refractivity contribution in [3.05, 3.63) is 0 Å². The molecule has 1 rings (SSSR count). The zero-order chi connectivity index (χ0) is 7.56. The zero-order valence-electron chi connectivity index (χ0n) is 5.42. The number of cyclic esters (lactones) is 2. The molecule has 0 amide bonds. The molecule has 1 N–H and O–H groups in total. The van der Waals surface area contributed by atoms with E-state index in [1.54, 1.807) is 0 Å². The van der Waals surface area contributed by atoms with Crippen molar-refractivity contribution in [2.24, 2.45) is 0 Å². The second kappa shape index (κ2) is 2.60. The average molecular weight is 142 g/mol. The smallest absolute Gasteiger partial charge is 0.320 e. The van der Waals surface area contributed by atoms with Gasteiger partial charge < -0.3 is 4.74 Å². The van der Waals surface area contributed by atoms with Crippen LogP contribution in [0.15, 0.2) is 0 Å². The van der Waals surface area contributed by atoms with Gasteiger partial charge in [0.15, 0.2) is 6.04 Å². The predicted octanol–water partition coefficient (Wildman–Crippen LogP) is -2.00. The van der Waals surface area contributed by atoms with Crippen molar-refractivity contribution in [3.8, 4) is 0 Å². The van der Waals surface area contributed by atoms with Gasteiger partial charge in [0, 0.05) is 0 Å². The summed E-state index contributed by atoms with van der Waals surface area (Å²) in [5, 5.41) is 0. The van der Waals surface area contributed by atoms with Crippen LogP contribution in [0.25, 0.3) is 0 Å². The van der Waals surface area contributed by atoms with Crippen LogP contribution in [0, 0.1) is 0 Å². The summed E-state index contributed by atoms with van der Waals surface area (Å²) in [6.45, 7) is 3.37. The minimum absolute atomic E-state index is 0.145. The highest BCUT2D eigenvalue weighted by Crippen LogP contribution is 2.04. The van der Waals surface area contributed by atoms with E-state index in [9.17, 15) is 9.59 Å². The maximum Gasteiger partial charge on any atom is 0.320 e. The predicted molar refractivity (Wildman–Crippen MR) is 32.2 cm³/mol. The third-order valence-electron chi connectivity index (χ3n) is 1.34. The average Bonchev–Trinajstić information content (AvgIpc) is 1.85. The van der Waals surface area contributed by atoms with Crippen molar-refractivity contribution >= 4 is 18.7 Å². The van der Waals surface area contributed by atoms with Crippen LogP contribution in [0.2, 0.25) is 0 Å². The number of carbonyl (C=O) groups is 2. The third-order valence-corrected chi connectivity index (χ3v) is 1.34. The van der Waals surface area contributed by atoms with Crippen molar-refractivity contribution in [2.75, 3.05) is 0 Å². The Hall–Kier alpha value is -1.19. The van der Waals surface area contributed by atoms with Crippen LogP contribution in [0.5, 0.6) is 0 Å². The first-order chi connectivity index (χ1) is 4.72. The Kier molecular flexibility index (Phi) is 1.80. The van der Waals surface area contributed by atoms with Crippen molar-refractivity contribution in [1.29, 1.82) is 0 Å². The number of hydrogen-bond acceptors (Lipinski definition) is 3. The second-order valence-electron chi connectivity index (χ2n) is 2.16. The van der Waals surface area contributed by atoms with Crippen LogP contribution >= 0.6 is 0 Å².